The van der Waals surface area contributed by atoms with Crippen LogP contribution in [0.5, 0.6) is 0 Å². The van der Waals surface area contributed by atoms with E-state index >= 15 is 0 Å². The zero-order valence-corrected chi connectivity index (χ0v) is 11.3. The zero-order chi connectivity index (χ0) is 11.5. The van der Waals surface area contributed by atoms with Gasteiger partial charge in [0.2, 0.25) is 0 Å². The third-order valence-corrected chi connectivity index (χ3v) is 2.47. The van der Waals surface area contributed by atoms with Gasteiger partial charge >= 0.3 is 0 Å². The molecule has 1 rings (SSSR count). The Labute approximate surface area is 103 Å². The molecule has 0 saturated carbocycles. The summed E-state index contributed by atoms with van der Waals surface area (Å²) in [6.45, 7) is 7.03. The van der Waals surface area contributed by atoms with Crippen molar-refractivity contribution in [2.24, 2.45) is 0 Å². The topological polar surface area (TPSA) is 44.1 Å². The third-order valence-electron chi connectivity index (χ3n) is 1.73. The molecule has 0 aliphatic rings. The molecule has 15 heavy (non-hydrogen) atoms. The van der Waals surface area contributed by atoms with Gasteiger partial charge in [0, 0.05) is 6.20 Å². The Morgan fingerprint density at radius 1 is 1.53 bits per heavy atom. The first-order valence-corrected chi connectivity index (χ1v) is 5.82. The van der Waals surface area contributed by atoms with E-state index in [4.69, 9.17) is 4.74 Å². The van der Waals surface area contributed by atoms with Gasteiger partial charge in [-0.25, -0.2) is 4.98 Å². The second kappa shape index (κ2) is 5.07. The predicted octanol–water partition coefficient (Wildman–Crippen LogP) is 1.66. The fourth-order valence-electron chi connectivity index (χ4n) is 1.03. The van der Waals surface area contributed by atoms with Crippen LogP contribution in [0.25, 0.3) is 0 Å². The molecule has 0 aromatic carbocycles. The van der Waals surface area contributed by atoms with Gasteiger partial charge in [-0.1, -0.05) is 0 Å². The zero-order valence-electron chi connectivity index (χ0n) is 9.16. The van der Waals surface area contributed by atoms with Crippen LogP contribution in [0, 0.1) is 3.57 Å². The number of ether oxygens (including phenoxy) is 1. The van der Waals surface area contributed by atoms with E-state index in [-0.39, 0.29) is 11.2 Å². The SMILES string of the molecule is CC(C)(C)OCCn1cncc(I)c1=O. The molecule has 0 atom stereocenters. The fraction of sp³-hybridized carbons (Fsp3) is 0.600. The number of halogens is 1. The van der Waals surface area contributed by atoms with E-state index in [1.807, 2.05) is 43.4 Å². The molecular weight excluding hydrogens is 307 g/mol. The minimum Gasteiger partial charge on any atom is -0.374 e. The van der Waals surface area contributed by atoms with Gasteiger partial charge in [0.15, 0.2) is 0 Å². The smallest absolute Gasteiger partial charge is 0.266 e. The fourth-order valence-corrected chi connectivity index (χ4v) is 1.50. The van der Waals surface area contributed by atoms with Gasteiger partial charge in [-0.2, -0.15) is 0 Å². The maximum Gasteiger partial charge on any atom is 0.266 e. The number of rotatable bonds is 3. The second-order valence-corrected chi connectivity index (χ2v) is 5.36. The van der Waals surface area contributed by atoms with Crippen molar-refractivity contribution in [3.8, 4) is 0 Å². The lowest BCUT2D eigenvalue weighted by Crippen LogP contribution is -2.27. The maximum absolute atomic E-state index is 11.6. The molecule has 1 heterocycles. The average Bonchev–Trinajstić information content (AvgIpc) is 2.10. The Kier molecular flexibility index (Phi) is 4.27. The van der Waals surface area contributed by atoms with Crippen LogP contribution in [0.15, 0.2) is 17.3 Å². The monoisotopic (exact) mass is 322 g/mol. The van der Waals surface area contributed by atoms with Crippen LogP contribution in [0.3, 0.4) is 0 Å². The quantitative estimate of drug-likeness (QED) is 0.795. The maximum atomic E-state index is 11.6. The molecule has 0 radical (unpaired) electrons. The minimum atomic E-state index is -0.168. The Balaban J connectivity index is 2.59. The van der Waals surface area contributed by atoms with E-state index < -0.39 is 0 Å². The summed E-state index contributed by atoms with van der Waals surface area (Å²) in [7, 11) is 0. The number of hydrogen-bond donors (Lipinski definition) is 0. The van der Waals surface area contributed by atoms with Crippen molar-refractivity contribution in [3.05, 3.63) is 26.4 Å². The van der Waals surface area contributed by atoms with E-state index in [2.05, 4.69) is 4.98 Å². The largest absolute Gasteiger partial charge is 0.374 e. The lowest BCUT2D eigenvalue weighted by atomic mass is 10.2. The molecule has 0 spiro atoms. The molecular formula is C10H15IN2O2. The minimum absolute atomic E-state index is 0.0110. The summed E-state index contributed by atoms with van der Waals surface area (Å²) >= 11 is 1.98. The van der Waals surface area contributed by atoms with Crippen molar-refractivity contribution < 1.29 is 4.74 Å². The first-order chi connectivity index (χ1) is 6.90. The van der Waals surface area contributed by atoms with Gasteiger partial charge in [0.1, 0.15) is 0 Å². The molecule has 0 N–H and O–H groups in total. The van der Waals surface area contributed by atoms with Crippen molar-refractivity contribution in [2.45, 2.75) is 32.9 Å². The molecule has 0 unspecified atom stereocenters. The number of hydrogen-bond acceptors (Lipinski definition) is 3. The van der Waals surface area contributed by atoms with E-state index in [1.54, 1.807) is 10.8 Å². The molecule has 1 aromatic rings. The molecule has 0 fully saturated rings. The summed E-state index contributed by atoms with van der Waals surface area (Å²) in [5.74, 6) is 0. The number of nitrogens with zero attached hydrogens (tertiary/aromatic N) is 2. The highest BCUT2D eigenvalue weighted by Gasteiger charge is 2.09. The van der Waals surface area contributed by atoms with Gasteiger partial charge in [0.05, 0.1) is 28.7 Å². The molecule has 0 aliphatic heterocycles. The average molecular weight is 322 g/mol. The molecule has 0 bridgehead atoms. The van der Waals surface area contributed by atoms with Crippen molar-refractivity contribution in [1.29, 1.82) is 0 Å². The van der Waals surface area contributed by atoms with E-state index in [0.29, 0.717) is 16.7 Å². The van der Waals surface area contributed by atoms with Crippen LogP contribution in [0.2, 0.25) is 0 Å². The highest BCUT2D eigenvalue weighted by atomic mass is 127. The van der Waals surface area contributed by atoms with Crippen LogP contribution in [-0.2, 0) is 11.3 Å². The van der Waals surface area contributed by atoms with Crippen molar-refractivity contribution in [3.63, 3.8) is 0 Å². The molecule has 0 aliphatic carbocycles. The van der Waals surface area contributed by atoms with Gasteiger partial charge < -0.3 is 4.74 Å². The predicted molar refractivity (Wildman–Crippen MR) is 66.9 cm³/mol. The molecule has 1 aromatic heterocycles. The molecule has 0 saturated heterocycles. The van der Waals surface area contributed by atoms with Crippen LogP contribution in [0.4, 0.5) is 0 Å². The van der Waals surface area contributed by atoms with Crippen LogP contribution >= 0.6 is 22.6 Å². The number of aromatic nitrogens is 2. The van der Waals surface area contributed by atoms with Crippen molar-refractivity contribution in [2.75, 3.05) is 6.61 Å². The Bertz CT molecular complexity index is 382. The van der Waals surface area contributed by atoms with E-state index in [0.717, 1.165) is 0 Å². The van der Waals surface area contributed by atoms with Gasteiger partial charge in [-0.15, -0.1) is 0 Å². The summed E-state index contributed by atoms with van der Waals surface area (Å²) in [6, 6.07) is 0. The van der Waals surface area contributed by atoms with E-state index in [1.165, 1.54) is 6.33 Å². The highest BCUT2D eigenvalue weighted by molar-refractivity contribution is 14.1. The second-order valence-electron chi connectivity index (χ2n) is 4.20. The summed E-state index contributed by atoms with van der Waals surface area (Å²) in [5.41, 5.74) is -0.179. The summed E-state index contributed by atoms with van der Waals surface area (Å²) in [5, 5.41) is 0. The van der Waals surface area contributed by atoms with E-state index in [9.17, 15) is 4.79 Å². The highest BCUT2D eigenvalue weighted by Crippen LogP contribution is 2.06. The van der Waals surface area contributed by atoms with Crippen molar-refractivity contribution >= 4 is 22.6 Å². The summed E-state index contributed by atoms with van der Waals surface area (Å²) in [4.78, 5) is 15.5. The molecule has 84 valence electrons. The normalized spacial score (nSPS) is 11.7. The molecule has 5 heteroatoms. The van der Waals surface area contributed by atoms with Gasteiger partial charge in [-0.05, 0) is 43.4 Å². The first kappa shape index (κ1) is 12.6. The van der Waals surface area contributed by atoms with Crippen LogP contribution in [-0.4, -0.2) is 21.8 Å². The Morgan fingerprint density at radius 2 is 2.20 bits per heavy atom. The Hall–Kier alpha value is -0.430. The van der Waals surface area contributed by atoms with Crippen molar-refractivity contribution in [1.82, 2.24) is 9.55 Å². The lowest BCUT2D eigenvalue weighted by Gasteiger charge is -2.19. The third kappa shape index (κ3) is 4.29. The van der Waals surface area contributed by atoms with Gasteiger partial charge in [-0.3, -0.25) is 9.36 Å². The summed E-state index contributed by atoms with van der Waals surface area (Å²) in [6.07, 6.45) is 3.10. The van der Waals surface area contributed by atoms with Crippen LogP contribution < -0.4 is 5.56 Å². The first-order valence-electron chi connectivity index (χ1n) is 4.74. The Morgan fingerprint density at radius 3 is 2.80 bits per heavy atom. The van der Waals surface area contributed by atoms with Crippen LogP contribution in [0.1, 0.15) is 20.8 Å². The molecule has 4 nitrogen and oxygen atoms in total. The summed E-state index contributed by atoms with van der Waals surface area (Å²) < 4.78 is 7.73. The van der Waals surface area contributed by atoms with Gasteiger partial charge in [0.25, 0.3) is 5.56 Å². The lowest BCUT2D eigenvalue weighted by molar-refractivity contribution is -0.00724. The molecule has 0 amide bonds. The standard InChI is InChI=1S/C10H15IN2O2/c1-10(2,3)15-5-4-13-7-12-6-8(11)9(13)14/h6-7H,4-5H2,1-3H3.